The Hall–Kier alpha value is -2.18. The minimum absolute atomic E-state index is 0.213. The summed E-state index contributed by atoms with van der Waals surface area (Å²) in [7, 11) is 1.32. The number of nitrogens with zero attached hydrogens (tertiary/aromatic N) is 3. The van der Waals surface area contributed by atoms with Crippen LogP contribution in [-0.4, -0.2) is 45.7 Å². The molecule has 1 N–H and O–H groups in total. The highest BCUT2D eigenvalue weighted by Gasteiger charge is 2.23. The summed E-state index contributed by atoms with van der Waals surface area (Å²) in [6, 6.07) is 0. The summed E-state index contributed by atoms with van der Waals surface area (Å²) in [5, 5.41) is 8.76. The smallest absolute Gasteiger partial charge is 0.409 e. The Bertz CT molecular complexity index is 475. The molecule has 1 amide bonds. The van der Waals surface area contributed by atoms with Gasteiger partial charge in [-0.15, -0.1) is 0 Å². The van der Waals surface area contributed by atoms with Crippen LogP contribution in [0.15, 0.2) is 6.20 Å². The Labute approximate surface area is 97.0 Å². The van der Waals surface area contributed by atoms with Gasteiger partial charge in [-0.05, 0) is 0 Å². The van der Waals surface area contributed by atoms with Crippen molar-refractivity contribution >= 4 is 12.1 Å². The molecular weight excluding hydrogens is 226 g/mol. The normalized spacial score (nSPS) is 14.1. The third kappa shape index (κ3) is 2.17. The minimum atomic E-state index is -1.15. The fraction of sp³-hybridized carbons (Fsp3) is 0.400. The Kier molecular flexibility index (Phi) is 2.90. The summed E-state index contributed by atoms with van der Waals surface area (Å²) in [4.78, 5) is 31.2. The van der Waals surface area contributed by atoms with E-state index in [4.69, 9.17) is 5.11 Å². The number of amides is 1. The van der Waals surface area contributed by atoms with Crippen molar-refractivity contribution in [1.82, 2.24) is 14.9 Å². The van der Waals surface area contributed by atoms with E-state index in [1.54, 1.807) is 0 Å². The molecule has 0 radical (unpaired) electrons. The zero-order valence-corrected chi connectivity index (χ0v) is 9.21. The molecule has 0 aromatic carbocycles. The highest BCUT2D eigenvalue weighted by molar-refractivity contribution is 5.83. The lowest BCUT2D eigenvalue weighted by Gasteiger charge is -2.26. The maximum absolute atomic E-state index is 11.3. The molecule has 7 nitrogen and oxygen atoms in total. The van der Waals surface area contributed by atoms with Gasteiger partial charge in [-0.3, -0.25) is 0 Å². The summed E-state index contributed by atoms with van der Waals surface area (Å²) >= 11 is 0. The fourth-order valence-electron chi connectivity index (χ4n) is 1.70. The van der Waals surface area contributed by atoms with E-state index >= 15 is 0 Å². The number of fused-ring (bicyclic) bond motifs is 1. The molecule has 0 saturated carbocycles. The topological polar surface area (TPSA) is 92.6 Å². The molecule has 0 spiro atoms. The summed E-state index contributed by atoms with van der Waals surface area (Å²) in [6.07, 6.45) is 1.55. The second-order valence-electron chi connectivity index (χ2n) is 3.61. The van der Waals surface area contributed by atoms with Crippen LogP contribution in [0.2, 0.25) is 0 Å². The molecule has 0 aliphatic carbocycles. The highest BCUT2D eigenvalue weighted by atomic mass is 16.5. The number of methoxy groups -OCH3 is 1. The Morgan fingerprint density at radius 2 is 2.29 bits per heavy atom. The van der Waals surface area contributed by atoms with Gasteiger partial charge in [0.05, 0.1) is 19.3 Å². The SMILES string of the molecule is COC(=O)N1CCc2nc(C(=O)O)ncc2C1. The van der Waals surface area contributed by atoms with Crippen molar-refractivity contribution in [3.63, 3.8) is 0 Å². The number of ether oxygens (including phenoxy) is 1. The molecule has 90 valence electrons. The van der Waals surface area contributed by atoms with Crippen molar-refractivity contribution in [3.05, 3.63) is 23.3 Å². The minimum Gasteiger partial charge on any atom is -0.475 e. The third-order valence-electron chi connectivity index (χ3n) is 2.56. The zero-order chi connectivity index (χ0) is 12.4. The molecule has 0 unspecified atom stereocenters. The van der Waals surface area contributed by atoms with Crippen molar-refractivity contribution in [1.29, 1.82) is 0 Å². The van der Waals surface area contributed by atoms with E-state index in [-0.39, 0.29) is 5.82 Å². The van der Waals surface area contributed by atoms with Crippen LogP contribution in [0.1, 0.15) is 21.9 Å². The average molecular weight is 237 g/mol. The van der Waals surface area contributed by atoms with E-state index < -0.39 is 12.1 Å². The predicted octanol–water partition coefficient (Wildman–Crippen LogP) is 0.299. The van der Waals surface area contributed by atoms with Crippen LogP contribution >= 0.6 is 0 Å². The van der Waals surface area contributed by atoms with Gasteiger partial charge in [0.2, 0.25) is 5.82 Å². The molecule has 1 aliphatic heterocycles. The second-order valence-corrected chi connectivity index (χ2v) is 3.61. The van der Waals surface area contributed by atoms with Crippen LogP contribution in [0, 0.1) is 0 Å². The number of rotatable bonds is 1. The fourth-order valence-corrected chi connectivity index (χ4v) is 1.70. The van der Waals surface area contributed by atoms with Gasteiger partial charge >= 0.3 is 12.1 Å². The number of hydrogen-bond donors (Lipinski definition) is 1. The van der Waals surface area contributed by atoms with Crippen molar-refractivity contribution in [2.45, 2.75) is 13.0 Å². The van der Waals surface area contributed by atoms with Gasteiger partial charge in [-0.25, -0.2) is 19.6 Å². The van der Waals surface area contributed by atoms with Gasteiger partial charge in [0.25, 0.3) is 0 Å². The number of hydrogen-bond acceptors (Lipinski definition) is 5. The molecule has 1 aliphatic rings. The maximum Gasteiger partial charge on any atom is 0.409 e. The molecule has 0 saturated heterocycles. The lowest BCUT2D eigenvalue weighted by Crippen LogP contribution is -2.36. The summed E-state index contributed by atoms with van der Waals surface area (Å²) in [6.45, 7) is 0.817. The molecule has 2 heterocycles. The van der Waals surface area contributed by atoms with Crippen LogP contribution in [0.5, 0.6) is 0 Å². The lowest BCUT2D eigenvalue weighted by molar-refractivity contribution is 0.0682. The zero-order valence-electron chi connectivity index (χ0n) is 9.21. The van der Waals surface area contributed by atoms with Crippen molar-refractivity contribution in [3.8, 4) is 0 Å². The first-order chi connectivity index (χ1) is 8.11. The summed E-state index contributed by atoms with van der Waals surface area (Å²) in [5.41, 5.74) is 1.43. The summed E-state index contributed by atoms with van der Waals surface area (Å²) < 4.78 is 4.62. The molecular formula is C10H11N3O4. The molecule has 1 aromatic rings. The maximum atomic E-state index is 11.3. The average Bonchev–Trinajstić information content (AvgIpc) is 2.36. The number of aromatic carboxylic acids is 1. The van der Waals surface area contributed by atoms with Crippen molar-refractivity contribution < 1.29 is 19.4 Å². The van der Waals surface area contributed by atoms with Gasteiger partial charge in [-0.1, -0.05) is 0 Å². The molecule has 0 bridgehead atoms. The van der Waals surface area contributed by atoms with E-state index in [0.717, 1.165) is 5.56 Å². The van der Waals surface area contributed by atoms with Crippen molar-refractivity contribution in [2.75, 3.05) is 13.7 Å². The Morgan fingerprint density at radius 1 is 1.53 bits per heavy atom. The number of carbonyl (C=O) groups is 2. The molecule has 17 heavy (non-hydrogen) atoms. The van der Waals surface area contributed by atoms with E-state index in [1.165, 1.54) is 18.2 Å². The van der Waals surface area contributed by atoms with Crippen molar-refractivity contribution in [2.24, 2.45) is 0 Å². The van der Waals surface area contributed by atoms with Crippen LogP contribution in [0.4, 0.5) is 4.79 Å². The second kappa shape index (κ2) is 4.36. The first-order valence-corrected chi connectivity index (χ1v) is 5.03. The molecule has 1 aromatic heterocycles. The first-order valence-electron chi connectivity index (χ1n) is 5.03. The van der Waals surface area contributed by atoms with E-state index in [2.05, 4.69) is 14.7 Å². The largest absolute Gasteiger partial charge is 0.475 e. The van der Waals surface area contributed by atoms with Gasteiger partial charge in [0, 0.05) is 24.7 Å². The number of carbonyl (C=O) groups excluding carboxylic acids is 1. The van der Waals surface area contributed by atoms with E-state index in [0.29, 0.717) is 25.2 Å². The third-order valence-corrected chi connectivity index (χ3v) is 2.56. The van der Waals surface area contributed by atoms with E-state index in [1.807, 2.05) is 0 Å². The molecule has 7 heteroatoms. The van der Waals surface area contributed by atoms with Crippen LogP contribution in [0.25, 0.3) is 0 Å². The first kappa shape index (κ1) is 11.3. The standard InChI is InChI=1S/C10H11N3O4/c1-17-10(16)13-3-2-7-6(5-13)4-11-8(12-7)9(14)15/h4H,2-3,5H2,1H3,(H,14,15). The number of aromatic nitrogens is 2. The number of carboxylic acids is 1. The molecule has 2 rings (SSSR count). The van der Waals surface area contributed by atoms with Gasteiger partial charge < -0.3 is 14.7 Å². The lowest BCUT2D eigenvalue weighted by atomic mass is 10.1. The number of carboxylic acid groups (broad SMARTS) is 1. The van der Waals surface area contributed by atoms with Gasteiger partial charge in [0.1, 0.15) is 0 Å². The quantitative estimate of drug-likeness (QED) is 0.755. The molecule has 0 atom stereocenters. The van der Waals surface area contributed by atoms with Crippen LogP contribution in [-0.2, 0) is 17.7 Å². The van der Waals surface area contributed by atoms with Crippen LogP contribution in [0.3, 0.4) is 0 Å². The Balaban J connectivity index is 2.23. The summed E-state index contributed by atoms with van der Waals surface area (Å²) in [5.74, 6) is -1.36. The van der Waals surface area contributed by atoms with Gasteiger partial charge in [-0.2, -0.15) is 0 Å². The molecule has 0 fully saturated rings. The Morgan fingerprint density at radius 3 is 2.94 bits per heavy atom. The monoisotopic (exact) mass is 237 g/mol. The predicted molar refractivity (Wildman–Crippen MR) is 55.5 cm³/mol. The van der Waals surface area contributed by atoms with Gasteiger partial charge in [0.15, 0.2) is 0 Å². The van der Waals surface area contributed by atoms with Crippen LogP contribution < -0.4 is 0 Å². The van der Waals surface area contributed by atoms with E-state index in [9.17, 15) is 9.59 Å². The highest BCUT2D eigenvalue weighted by Crippen LogP contribution is 2.16.